The molecule has 0 fully saturated rings. The summed E-state index contributed by atoms with van der Waals surface area (Å²) in [5.41, 5.74) is 3.02. The number of nitrogens with zero attached hydrogens (tertiary/aromatic N) is 11. The molecule has 100 heavy (non-hydrogen) atoms. The number of hydrogen-bond acceptors (Lipinski definition) is 23. The highest BCUT2D eigenvalue weighted by molar-refractivity contribution is 9.10. The number of nitrogens with one attached hydrogen (secondary N) is 4. The van der Waals surface area contributed by atoms with E-state index in [1.807, 2.05) is 0 Å². The van der Waals surface area contributed by atoms with E-state index in [2.05, 4.69) is 106 Å². The Balaban J connectivity index is 0.000000156. The molecule has 0 saturated heterocycles. The van der Waals surface area contributed by atoms with Crippen molar-refractivity contribution >= 4 is 256 Å². The summed E-state index contributed by atoms with van der Waals surface area (Å²) < 4.78 is 132. The highest BCUT2D eigenvalue weighted by atomic mass is 79.9. The van der Waals surface area contributed by atoms with Gasteiger partial charge in [0.15, 0.2) is 11.3 Å². The van der Waals surface area contributed by atoms with E-state index >= 15 is 0 Å². The first-order valence-corrected chi connectivity index (χ1v) is 38.1. The van der Waals surface area contributed by atoms with Crippen LogP contribution in [0, 0.1) is 0 Å². The van der Waals surface area contributed by atoms with Crippen molar-refractivity contribution in [3.05, 3.63) is 187 Å². The average Bonchev–Trinajstić information content (AvgIpc) is 0.799. The molecule has 520 valence electrons. The second-order valence-corrected chi connectivity index (χ2v) is 31.5. The minimum Gasteiger partial charge on any atom is -0.478 e. The van der Waals surface area contributed by atoms with Crippen LogP contribution < -0.4 is 37.8 Å². The molecule has 43 heteroatoms. The molecule has 0 spiro atoms. The molecule has 0 radical (unpaired) electrons. The zero-order valence-corrected chi connectivity index (χ0v) is 64.1. The Morgan fingerprint density at radius 1 is 0.330 bits per heavy atom. The topological polar surface area (TPSA) is 363 Å². The molecule has 0 atom stereocenters. The van der Waals surface area contributed by atoms with Gasteiger partial charge in [-0.05, 0) is 111 Å². The maximum Gasteiger partial charge on any atom is 0.264 e. The molecule has 7 heterocycles. The van der Waals surface area contributed by atoms with E-state index in [0.717, 1.165) is 0 Å². The van der Waals surface area contributed by atoms with Crippen molar-refractivity contribution in [2.24, 2.45) is 0 Å². The zero-order chi connectivity index (χ0) is 72.8. The molecular formula is C57H37Br2Cl10N15O12S4. The second kappa shape index (κ2) is 32.5. The third-order valence-electron chi connectivity index (χ3n) is 12.5. The Morgan fingerprint density at radius 3 is 1.01 bits per heavy atom. The van der Waals surface area contributed by atoms with Crippen molar-refractivity contribution in [1.29, 1.82) is 0 Å². The van der Waals surface area contributed by atoms with Crippen LogP contribution >= 0.6 is 148 Å². The average molecular weight is 1770 g/mol. The van der Waals surface area contributed by atoms with Gasteiger partial charge in [-0.25, -0.2) is 78.5 Å². The fourth-order valence-corrected chi connectivity index (χ4v) is 16.1. The van der Waals surface area contributed by atoms with Gasteiger partial charge in [0, 0.05) is 27.5 Å². The first-order chi connectivity index (χ1) is 47.3. The number of hydrogen-bond donors (Lipinski definition) is 4. The van der Waals surface area contributed by atoms with E-state index in [0.29, 0.717) is 47.7 Å². The molecule has 0 unspecified atom stereocenters. The van der Waals surface area contributed by atoms with E-state index in [9.17, 15) is 33.7 Å². The lowest BCUT2D eigenvalue weighted by atomic mass is 10.3. The predicted octanol–water partition coefficient (Wildman–Crippen LogP) is 16.0. The smallest absolute Gasteiger partial charge is 0.264 e. The molecule has 0 aliphatic carbocycles. The van der Waals surface area contributed by atoms with Gasteiger partial charge in [0.25, 0.3) is 63.6 Å². The molecule has 0 saturated carbocycles. The Bertz CT molecular complexity index is 5690. The summed E-state index contributed by atoms with van der Waals surface area (Å²) in [5, 5.41) is 0.643. The first kappa shape index (κ1) is 77.1. The van der Waals surface area contributed by atoms with E-state index in [4.69, 9.17) is 135 Å². The molecule has 4 N–H and O–H groups in total. The van der Waals surface area contributed by atoms with Gasteiger partial charge in [-0.1, -0.05) is 140 Å². The van der Waals surface area contributed by atoms with Crippen LogP contribution in [-0.4, -0.2) is 117 Å². The molecule has 12 rings (SSSR count). The summed E-state index contributed by atoms with van der Waals surface area (Å²) in [6.45, 7) is 0. The summed E-state index contributed by atoms with van der Waals surface area (Å²) >= 11 is 66.0. The number of ether oxygens (including phenoxy) is 4. The van der Waals surface area contributed by atoms with Gasteiger partial charge in [0.05, 0.1) is 101 Å². The van der Waals surface area contributed by atoms with Gasteiger partial charge in [-0.3, -0.25) is 23.9 Å². The van der Waals surface area contributed by atoms with Crippen molar-refractivity contribution in [3.8, 4) is 23.5 Å². The summed E-state index contributed by atoms with van der Waals surface area (Å²) in [7, 11) is -10.9. The van der Waals surface area contributed by atoms with Gasteiger partial charge < -0.3 is 18.9 Å². The monoisotopic (exact) mass is 1760 g/mol. The number of aromatic nitrogens is 11. The minimum absolute atomic E-state index is 0.00544. The standard InChI is InChI=1S/C15H9Cl4N3O3S.2C14H9BrCl2N4O3S.C14H10Cl2N4O3S/c1-25-15-14(20-10-5-8(17)9(18)6-11(10)21-15)22-26(23,24)12-4-2-3-7(16)13(12)19;1-24-14-13(20-12-9(19-14)5-7(15)6-18-12)21-25(22,23)10-4-2-3-8(16)11(10)17;1-24-14-13(19-9-5-7(15)6-18-12(9)20-14)21-25(22,23)10-4-2-3-8(16)11(10)17;1-23-14-13(18-9-5-6-17-7-10(9)19-14)20-24(21,22)11-4-2-3-8(15)12(11)16/h2-6H,1H3,(H,20,22);2-6H,1H3,(H,18,20,21);2-6H,1H3,(H,19,21);2-7H,1H3,(H,18,20). The van der Waals surface area contributed by atoms with Crippen molar-refractivity contribution < 1.29 is 52.6 Å². The molecular weight excluding hydrogens is 1730 g/mol. The SMILES string of the molecule is COc1nc2cc(Br)cnc2nc1NS(=O)(=O)c1cccc(Cl)c1Cl.COc1nc2cc(Cl)c(Cl)cc2nc1NS(=O)(=O)c1cccc(Cl)c1Cl.COc1nc2cnccc2nc1NS(=O)(=O)c1cccc(Cl)c1Cl.COc1nc2ncc(Br)cc2nc1NS(=O)(=O)c1cccc(Cl)c1Cl. The fourth-order valence-electron chi connectivity index (χ4n) is 8.07. The number of anilines is 4. The molecule has 0 amide bonds. The molecule has 0 aliphatic heterocycles. The van der Waals surface area contributed by atoms with Crippen LogP contribution in [0.4, 0.5) is 23.3 Å². The third kappa shape index (κ3) is 18.1. The molecule has 5 aromatic carbocycles. The molecule has 27 nitrogen and oxygen atoms in total. The number of pyridine rings is 3. The number of benzene rings is 5. The van der Waals surface area contributed by atoms with Crippen molar-refractivity contribution in [1.82, 2.24) is 54.8 Å². The maximum absolute atomic E-state index is 12.7. The summed E-state index contributed by atoms with van der Waals surface area (Å²) in [5.74, 6) is -0.457. The Labute approximate surface area is 634 Å². The van der Waals surface area contributed by atoms with Gasteiger partial charge in [-0.15, -0.1) is 0 Å². The van der Waals surface area contributed by atoms with E-state index < -0.39 is 40.1 Å². The van der Waals surface area contributed by atoms with Crippen molar-refractivity contribution in [2.45, 2.75) is 19.6 Å². The quantitative estimate of drug-likeness (QED) is 0.0698. The number of sulfonamides is 4. The van der Waals surface area contributed by atoms with Gasteiger partial charge in [0.1, 0.15) is 36.1 Å². The molecule has 7 aromatic heterocycles. The first-order valence-electron chi connectivity index (χ1n) is 26.8. The Kier molecular flexibility index (Phi) is 25.1. The van der Waals surface area contributed by atoms with Crippen LogP contribution in [0.1, 0.15) is 0 Å². The van der Waals surface area contributed by atoms with Crippen LogP contribution in [0.5, 0.6) is 23.5 Å². The van der Waals surface area contributed by atoms with Gasteiger partial charge >= 0.3 is 0 Å². The van der Waals surface area contributed by atoms with Crippen LogP contribution in [0.25, 0.3) is 44.4 Å². The fraction of sp³-hybridized carbons (Fsp3) is 0.0702. The van der Waals surface area contributed by atoms with Crippen molar-refractivity contribution in [2.75, 3.05) is 47.3 Å². The van der Waals surface area contributed by atoms with Crippen LogP contribution in [0.15, 0.2) is 156 Å². The lowest BCUT2D eigenvalue weighted by molar-refractivity contribution is 0.400. The van der Waals surface area contributed by atoms with E-state index in [1.54, 1.807) is 24.4 Å². The van der Waals surface area contributed by atoms with Crippen LogP contribution in [-0.2, 0) is 40.1 Å². The number of fused-ring (bicyclic) bond motifs is 4. The highest BCUT2D eigenvalue weighted by Crippen LogP contribution is 2.38. The minimum atomic E-state index is -4.09. The second-order valence-electron chi connectivity index (χ2n) is 19.1. The number of methoxy groups -OCH3 is 4. The van der Waals surface area contributed by atoms with E-state index in [1.165, 1.54) is 132 Å². The molecule has 12 aromatic rings. The van der Waals surface area contributed by atoms with Gasteiger partial charge in [0.2, 0.25) is 23.3 Å². The van der Waals surface area contributed by atoms with Crippen LogP contribution in [0.2, 0.25) is 50.2 Å². The highest BCUT2D eigenvalue weighted by Gasteiger charge is 2.28. The summed E-state index contributed by atoms with van der Waals surface area (Å²) in [6.07, 6.45) is 6.09. The zero-order valence-electron chi connectivity index (χ0n) is 50.1. The largest absolute Gasteiger partial charge is 0.478 e. The Morgan fingerprint density at radius 2 is 0.630 bits per heavy atom. The molecule has 0 bridgehead atoms. The third-order valence-corrected chi connectivity index (χ3v) is 23.4. The number of rotatable bonds is 16. The van der Waals surface area contributed by atoms with E-state index in [-0.39, 0.29) is 122 Å². The summed E-state index contributed by atoms with van der Waals surface area (Å²) in [4.78, 5) is 44.9. The lowest BCUT2D eigenvalue weighted by Crippen LogP contribution is -2.16. The number of halogens is 12. The predicted molar refractivity (Wildman–Crippen MR) is 392 cm³/mol. The summed E-state index contributed by atoms with van der Waals surface area (Å²) in [6, 6.07) is 25.1. The maximum atomic E-state index is 12.7. The van der Waals surface area contributed by atoms with Gasteiger partial charge in [-0.2, -0.15) is 4.98 Å². The Hall–Kier alpha value is -7.03. The normalized spacial score (nSPS) is 11.5. The lowest BCUT2D eigenvalue weighted by Gasteiger charge is -2.12. The molecule has 0 aliphatic rings. The van der Waals surface area contributed by atoms with Crippen LogP contribution in [0.3, 0.4) is 0 Å². The van der Waals surface area contributed by atoms with Crippen molar-refractivity contribution in [3.63, 3.8) is 0 Å².